The highest BCUT2D eigenvalue weighted by Crippen LogP contribution is 2.48. The molecule has 6 heteroatoms. The Morgan fingerprint density at radius 2 is 1.00 bits per heavy atom. The fraction of sp³-hybridized carbons (Fsp3) is 0.429. The molecule has 0 unspecified atom stereocenters. The third-order valence-electron chi connectivity index (χ3n) is 5.13. The van der Waals surface area contributed by atoms with E-state index in [9.17, 15) is 10.2 Å². The summed E-state index contributed by atoms with van der Waals surface area (Å²) in [5, 5.41) is 21.2. The SMILES string of the molecule is CSc1cc(C(C)(C)c2cc(SC)c(O)c(SC)c2C)c(C)c(SC)c1O. The summed E-state index contributed by atoms with van der Waals surface area (Å²) in [6, 6.07) is 4.25. The van der Waals surface area contributed by atoms with E-state index in [0.717, 1.165) is 30.7 Å². The molecule has 2 aromatic carbocycles. The maximum atomic E-state index is 10.6. The fourth-order valence-electron chi connectivity index (χ4n) is 3.69. The van der Waals surface area contributed by atoms with Gasteiger partial charge in [-0.05, 0) is 73.3 Å². The molecule has 2 rings (SSSR count). The Morgan fingerprint density at radius 1 is 0.667 bits per heavy atom. The minimum absolute atomic E-state index is 0.264. The molecule has 0 aromatic heterocycles. The topological polar surface area (TPSA) is 40.5 Å². The van der Waals surface area contributed by atoms with Gasteiger partial charge in [-0.1, -0.05) is 13.8 Å². The van der Waals surface area contributed by atoms with E-state index >= 15 is 0 Å². The van der Waals surface area contributed by atoms with Crippen LogP contribution in [0.3, 0.4) is 0 Å². The molecule has 0 saturated heterocycles. The predicted octanol–water partition coefficient (Wildman–Crippen LogP) is 6.93. The second kappa shape index (κ2) is 8.85. The minimum atomic E-state index is -0.264. The zero-order valence-electron chi connectivity index (χ0n) is 17.2. The molecule has 0 aliphatic heterocycles. The van der Waals surface area contributed by atoms with Gasteiger partial charge in [-0.3, -0.25) is 0 Å². The monoisotopic (exact) mass is 440 g/mol. The summed E-state index contributed by atoms with van der Waals surface area (Å²) in [6.07, 6.45) is 8.00. The molecule has 27 heavy (non-hydrogen) atoms. The van der Waals surface area contributed by atoms with E-state index in [-0.39, 0.29) is 5.41 Å². The molecule has 2 aromatic rings. The van der Waals surface area contributed by atoms with E-state index in [1.165, 1.54) is 11.1 Å². The number of phenols is 2. The van der Waals surface area contributed by atoms with E-state index in [4.69, 9.17) is 0 Å². The maximum absolute atomic E-state index is 10.6. The van der Waals surface area contributed by atoms with Crippen molar-refractivity contribution >= 4 is 47.0 Å². The molecule has 0 aliphatic carbocycles. The zero-order chi connectivity index (χ0) is 20.5. The Labute approximate surface area is 180 Å². The first-order valence-corrected chi connectivity index (χ1v) is 13.5. The Balaban J connectivity index is 2.84. The van der Waals surface area contributed by atoms with Gasteiger partial charge in [-0.15, -0.1) is 47.0 Å². The van der Waals surface area contributed by atoms with Crippen molar-refractivity contribution in [2.45, 2.75) is 52.7 Å². The number of hydrogen-bond acceptors (Lipinski definition) is 6. The van der Waals surface area contributed by atoms with Gasteiger partial charge < -0.3 is 10.2 Å². The van der Waals surface area contributed by atoms with Gasteiger partial charge in [-0.2, -0.15) is 0 Å². The molecule has 0 aliphatic rings. The standard InChI is InChI=1S/C21H28O2S4/c1-11-13(9-15(24-5)17(22)19(11)26-7)21(3,4)14-10-16(25-6)18(23)20(27-8)12(14)2/h9-10,22-23H,1-8H3. The second-order valence-corrected chi connectivity index (χ2v) is 10.2. The van der Waals surface area contributed by atoms with Crippen LogP contribution in [0.4, 0.5) is 0 Å². The van der Waals surface area contributed by atoms with Crippen LogP contribution >= 0.6 is 47.0 Å². The number of phenolic OH excluding ortho intramolecular Hbond substituents is 2. The maximum Gasteiger partial charge on any atom is 0.142 e. The Morgan fingerprint density at radius 3 is 1.26 bits per heavy atom. The van der Waals surface area contributed by atoms with Gasteiger partial charge in [0.05, 0.1) is 19.6 Å². The number of hydrogen-bond donors (Lipinski definition) is 2. The number of thioether (sulfide) groups is 4. The van der Waals surface area contributed by atoms with E-state index < -0.39 is 0 Å². The molecule has 2 N–H and O–H groups in total. The van der Waals surface area contributed by atoms with Crippen molar-refractivity contribution in [3.63, 3.8) is 0 Å². The highest BCUT2D eigenvalue weighted by molar-refractivity contribution is 8.00. The second-order valence-electron chi connectivity index (χ2n) is 6.89. The van der Waals surface area contributed by atoms with Crippen molar-refractivity contribution < 1.29 is 10.2 Å². The van der Waals surface area contributed by atoms with Gasteiger partial charge in [0, 0.05) is 5.41 Å². The molecule has 2 nitrogen and oxygen atoms in total. The molecule has 0 spiro atoms. The van der Waals surface area contributed by atoms with Crippen molar-refractivity contribution in [3.8, 4) is 11.5 Å². The highest BCUT2D eigenvalue weighted by atomic mass is 32.2. The summed E-state index contributed by atoms with van der Waals surface area (Å²) in [4.78, 5) is 3.69. The van der Waals surface area contributed by atoms with Crippen molar-refractivity contribution in [2.24, 2.45) is 0 Å². The number of rotatable bonds is 6. The van der Waals surface area contributed by atoms with E-state index in [1.807, 2.05) is 25.0 Å². The number of aromatic hydroxyl groups is 2. The van der Waals surface area contributed by atoms with Crippen LogP contribution in [0.15, 0.2) is 31.7 Å². The zero-order valence-corrected chi connectivity index (χ0v) is 20.4. The summed E-state index contributed by atoms with van der Waals surface area (Å²) in [5.41, 5.74) is 4.39. The Bertz CT molecular complexity index is 791. The summed E-state index contributed by atoms with van der Waals surface area (Å²) in [7, 11) is 0. The average molecular weight is 441 g/mol. The van der Waals surface area contributed by atoms with Crippen LogP contribution in [0.25, 0.3) is 0 Å². The lowest BCUT2D eigenvalue weighted by Crippen LogP contribution is -2.22. The Hall–Kier alpha value is -0.560. The van der Waals surface area contributed by atoms with E-state index in [2.05, 4.69) is 39.8 Å². The quantitative estimate of drug-likeness (QED) is 0.475. The van der Waals surface area contributed by atoms with Gasteiger partial charge in [-0.25, -0.2) is 0 Å². The first-order chi connectivity index (χ1) is 12.6. The van der Waals surface area contributed by atoms with Crippen LogP contribution in [0.2, 0.25) is 0 Å². The lowest BCUT2D eigenvalue weighted by molar-refractivity contribution is 0.444. The first-order valence-electron chi connectivity index (χ1n) is 8.55. The molecule has 0 fully saturated rings. The summed E-state index contributed by atoms with van der Waals surface area (Å²) >= 11 is 6.31. The third kappa shape index (κ3) is 3.96. The summed E-state index contributed by atoms with van der Waals surface area (Å²) < 4.78 is 0. The smallest absolute Gasteiger partial charge is 0.142 e. The van der Waals surface area contributed by atoms with Crippen LogP contribution in [0.5, 0.6) is 11.5 Å². The third-order valence-corrected chi connectivity index (χ3v) is 8.45. The molecule has 0 atom stereocenters. The average Bonchev–Trinajstić information content (AvgIpc) is 2.62. The van der Waals surface area contributed by atoms with Crippen molar-refractivity contribution in [1.82, 2.24) is 0 Å². The normalized spacial score (nSPS) is 11.9. The number of benzene rings is 2. The van der Waals surface area contributed by atoms with Crippen LogP contribution in [-0.2, 0) is 5.41 Å². The molecular formula is C21H28O2S4. The first kappa shape index (κ1) is 22.7. The molecule has 0 amide bonds. The highest BCUT2D eigenvalue weighted by Gasteiger charge is 2.31. The fourth-order valence-corrected chi connectivity index (χ4v) is 6.32. The van der Waals surface area contributed by atoms with Crippen molar-refractivity contribution in [3.05, 3.63) is 34.4 Å². The van der Waals surface area contributed by atoms with Crippen molar-refractivity contribution in [1.29, 1.82) is 0 Å². The molecule has 0 bridgehead atoms. The predicted molar refractivity (Wildman–Crippen MR) is 125 cm³/mol. The van der Waals surface area contributed by atoms with Gasteiger partial charge in [0.25, 0.3) is 0 Å². The van der Waals surface area contributed by atoms with Gasteiger partial charge in [0.15, 0.2) is 0 Å². The van der Waals surface area contributed by atoms with Gasteiger partial charge in [0.1, 0.15) is 11.5 Å². The summed E-state index contributed by atoms with van der Waals surface area (Å²) in [5.74, 6) is 0.758. The molecule has 0 heterocycles. The Kier molecular flexibility index (Phi) is 7.45. The largest absolute Gasteiger partial charge is 0.506 e. The lowest BCUT2D eigenvalue weighted by Gasteiger charge is -2.32. The summed E-state index contributed by atoms with van der Waals surface area (Å²) in [6.45, 7) is 8.64. The van der Waals surface area contributed by atoms with Gasteiger partial charge in [0.2, 0.25) is 0 Å². The molecule has 148 valence electrons. The molecule has 0 radical (unpaired) electrons. The molecule has 0 saturated carbocycles. The van der Waals surface area contributed by atoms with Gasteiger partial charge >= 0.3 is 0 Å². The van der Waals surface area contributed by atoms with Crippen molar-refractivity contribution in [2.75, 3.05) is 25.0 Å². The van der Waals surface area contributed by atoms with Crippen LogP contribution < -0.4 is 0 Å². The minimum Gasteiger partial charge on any atom is -0.506 e. The van der Waals surface area contributed by atoms with E-state index in [0.29, 0.717) is 11.5 Å². The van der Waals surface area contributed by atoms with E-state index in [1.54, 1.807) is 47.0 Å². The lowest BCUT2D eigenvalue weighted by atomic mass is 9.74. The molecular weight excluding hydrogens is 412 g/mol. The van der Waals surface area contributed by atoms with Crippen LogP contribution in [-0.4, -0.2) is 35.2 Å². The van der Waals surface area contributed by atoms with Crippen LogP contribution in [0.1, 0.15) is 36.1 Å². The van der Waals surface area contributed by atoms with Crippen LogP contribution in [0, 0.1) is 13.8 Å².